The van der Waals surface area contributed by atoms with Gasteiger partial charge in [-0.25, -0.2) is 9.97 Å². The maximum absolute atomic E-state index is 13.9. The van der Waals surface area contributed by atoms with Crippen LogP contribution >= 0.6 is 0 Å². The number of aryl methyl sites for hydroxylation is 2. The number of carbonyl (C=O) groups excluding carboxylic acids is 1. The summed E-state index contributed by atoms with van der Waals surface area (Å²) in [6.45, 7) is 8.08. The van der Waals surface area contributed by atoms with Crippen molar-refractivity contribution in [2.75, 3.05) is 60.6 Å². The van der Waals surface area contributed by atoms with Gasteiger partial charge in [-0.1, -0.05) is 6.07 Å². The number of aliphatic hydroxyl groups is 1. The lowest BCUT2D eigenvalue weighted by molar-refractivity contribution is -0.137. The average Bonchev–Trinajstić information content (AvgIpc) is 3.38. The molecule has 0 bridgehead atoms. The molecule has 1 saturated heterocycles. The largest absolute Gasteiger partial charge is 0.416 e. The summed E-state index contributed by atoms with van der Waals surface area (Å²) in [5, 5.41) is 23.3. The molecule has 1 atom stereocenters. The van der Waals surface area contributed by atoms with Gasteiger partial charge in [0.2, 0.25) is 0 Å². The van der Waals surface area contributed by atoms with Crippen LogP contribution in [0.15, 0.2) is 54.9 Å². The number of nitrogens with zero attached hydrogens (tertiary/aromatic N) is 6. The summed E-state index contributed by atoms with van der Waals surface area (Å²) in [5.41, 5.74) is 2.02. The lowest BCUT2D eigenvalue weighted by Crippen LogP contribution is -2.48. The van der Waals surface area contributed by atoms with Crippen molar-refractivity contribution in [3.05, 3.63) is 77.2 Å². The van der Waals surface area contributed by atoms with Gasteiger partial charge < -0.3 is 26.0 Å². The van der Waals surface area contributed by atoms with Crippen LogP contribution in [0.4, 0.5) is 41.9 Å². The zero-order chi connectivity index (χ0) is 32.3. The van der Waals surface area contributed by atoms with Crippen molar-refractivity contribution in [3.8, 4) is 5.82 Å². The number of amides is 1. The normalized spacial score (nSPS) is 14.7. The number of aliphatic hydroxyl groups excluding tert-OH is 1. The van der Waals surface area contributed by atoms with Crippen LogP contribution in [0.5, 0.6) is 0 Å². The lowest BCUT2D eigenvalue weighted by Gasteiger charge is -2.37. The fraction of sp³-hybridized carbons (Fsp3) is 0.355. The molecule has 0 radical (unpaired) electrons. The molecule has 0 spiro atoms. The minimum absolute atomic E-state index is 0.0980. The molecule has 45 heavy (non-hydrogen) atoms. The predicted octanol–water partition coefficient (Wildman–Crippen LogP) is 4.84. The van der Waals surface area contributed by atoms with Crippen molar-refractivity contribution in [2.45, 2.75) is 33.1 Å². The Bertz CT molecular complexity index is 1660. The monoisotopic (exact) mass is 623 g/mol. The second-order valence-electron chi connectivity index (χ2n) is 11.1. The minimum Gasteiger partial charge on any atom is -0.392 e. The smallest absolute Gasteiger partial charge is 0.392 e. The van der Waals surface area contributed by atoms with Crippen molar-refractivity contribution in [1.82, 2.24) is 24.6 Å². The number of hydrogen-bond donors (Lipinski definition) is 4. The number of benzene rings is 2. The molecular weight excluding hydrogens is 587 g/mol. The fourth-order valence-corrected chi connectivity index (χ4v) is 5.19. The van der Waals surface area contributed by atoms with Crippen LogP contribution in [0.25, 0.3) is 5.82 Å². The first-order valence-electron chi connectivity index (χ1n) is 14.5. The van der Waals surface area contributed by atoms with Gasteiger partial charge in [0.1, 0.15) is 18.0 Å². The molecule has 2 aromatic carbocycles. The third-order valence-corrected chi connectivity index (χ3v) is 7.48. The Labute approximate surface area is 259 Å². The van der Waals surface area contributed by atoms with E-state index in [0.29, 0.717) is 67.2 Å². The molecule has 1 aliphatic rings. The zero-order valence-corrected chi connectivity index (χ0v) is 25.5. The predicted molar refractivity (Wildman–Crippen MR) is 168 cm³/mol. The zero-order valence-electron chi connectivity index (χ0n) is 25.5. The molecular formula is C31H36F3N9O2. The summed E-state index contributed by atoms with van der Waals surface area (Å²) in [4.78, 5) is 25.7. The van der Waals surface area contributed by atoms with E-state index in [-0.39, 0.29) is 5.56 Å². The van der Waals surface area contributed by atoms with Crippen molar-refractivity contribution in [2.24, 2.45) is 0 Å². The van der Waals surface area contributed by atoms with Crippen molar-refractivity contribution >= 4 is 34.6 Å². The number of aromatic nitrogens is 4. The molecule has 5 rings (SSSR count). The summed E-state index contributed by atoms with van der Waals surface area (Å²) in [5.74, 6) is 1.12. The first-order chi connectivity index (χ1) is 21.4. The molecule has 1 aliphatic heterocycles. The highest BCUT2D eigenvalue weighted by Crippen LogP contribution is 2.34. The third kappa shape index (κ3) is 7.70. The molecule has 1 fully saturated rings. The van der Waals surface area contributed by atoms with E-state index in [4.69, 9.17) is 0 Å². The Morgan fingerprint density at radius 2 is 1.78 bits per heavy atom. The summed E-state index contributed by atoms with van der Waals surface area (Å²) >= 11 is 0. The van der Waals surface area contributed by atoms with Gasteiger partial charge in [-0.2, -0.15) is 23.0 Å². The van der Waals surface area contributed by atoms with E-state index in [9.17, 15) is 23.1 Å². The van der Waals surface area contributed by atoms with Gasteiger partial charge in [0.25, 0.3) is 5.91 Å². The van der Waals surface area contributed by atoms with Gasteiger partial charge in [-0.15, -0.1) is 0 Å². The summed E-state index contributed by atoms with van der Waals surface area (Å²) in [6.07, 6.45) is -3.69. The van der Waals surface area contributed by atoms with E-state index in [1.165, 1.54) is 12.4 Å². The summed E-state index contributed by atoms with van der Waals surface area (Å²) < 4.78 is 43.3. The number of piperazine rings is 1. The van der Waals surface area contributed by atoms with Gasteiger partial charge in [0.15, 0.2) is 5.82 Å². The molecule has 1 amide bonds. The SMILES string of the molecule is CNc1cc(-n2nc(C)cc2Nc2cc(NC(=O)c3cc(N4CCN(C[C@H](C)O)CC4)cc(C(F)(F)F)c3)ccc2C)ncn1. The van der Waals surface area contributed by atoms with Crippen molar-refractivity contribution < 1.29 is 23.1 Å². The number of alkyl halides is 3. The van der Waals surface area contributed by atoms with Crippen molar-refractivity contribution in [3.63, 3.8) is 0 Å². The maximum Gasteiger partial charge on any atom is 0.416 e. The fourth-order valence-electron chi connectivity index (χ4n) is 5.19. The number of carbonyl (C=O) groups is 1. The van der Waals surface area contributed by atoms with Crippen LogP contribution in [0, 0.1) is 13.8 Å². The van der Waals surface area contributed by atoms with Crippen LogP contribution in [0.3, 0.4) is 0 Å². The Morgan fingerprint density at radius 1 is 1.02 bits per heavy atom. The van der Waals surface area contributed by atoms with Gasteiger partial charge in [-0.3, -0.25) is 9.69 Å². The van der Waals surface area contributed by atoms with E-state index in [1.54, 1.807) is 42.9 Å². The summed E-state index contributed by atoms with van der Waals surface area (Å²) in [6, 6.07) is 12.3. The Morgan fingerprint density at radius 3 is 2.47 bits per heavy atom. The number of anilines is 5. The molecule has 11 nitrogen and oxygen atoms in total. The van der Waals surface area contributed by atoms with E-state index in [0.717, 1.165) is 23.4 Å². The molecule has 0 aliphatic carbocycles. The van der Waals surface area contributed by atoms with Gasteiger partial charge in [0, 0.05) is 74.5 Å². The first kappa shape index (κ1) is 31.7. The molecule has 4 N–H and O–H groups in total. The van der Waals surface area contributed by atoms with E-state index < -0.39 is 23.8 Å². The van der Waals surface area contributed by atoms with Crippen LogP contribution in [0.2, 0.25) is 0 Å². The highest BCUT2D eigenvalue weighted by molar-refractivity contribution is 6.05. The number of β-amino-alcohol motifs (C(OH)–C–C–N with tert-alkyl or cyclic N) is 1. The van der Waals surface area contributed by atoms with Crippen LogP contribution in [0.1, 0.15) is 34.1 Å². The third-order valence-electron chi connectivity index (χ3n) is 7.48. The lowest BCUT2D eigenvalue weighted by atomic mass is 10.1. The molecule has 2 aromatic heterocycles. The Hall–Kier alpha value is -4.69. The first-order valence-corrected chi connectivity index (χ1v) is 14.5. The second-order valence-corrected chi connectivity index (χ2v) is 11.1. The summed E-state index contributed by atoms with van der Waals surface area (Å²) in [7, 11) is 1.75. The van der Waals surface area contributed by atoms with Gasteiger partial charge in [0.05, 0.1) is 17.4 Å². The van der Waals surface area contributed by atoms with Crippen LogP contribution in [-0.2, 0) is 6.18 Å². The van der Waals surface area contributed by atoms with Gasteiger partial charge in [-0.05, 0) is 56.7 Å². The topological polar surface area (TPSA) is 123 Å². The number of hydrogen-bond acceptors (Lipinski definition) is 9. The number of halogens is 3. The molecule has 0 unspecified atom stereocenters. The standard InChI is InChI=1S/C31H36F3N9O2/c1-19-5-6-24(15-26(19)39-29-11-20(2)40-43(29)28-16-27(35-4)36-18-37-28)38-30(45)22-12-23(31(32,33)34)14-25(13-22)42-9-7-41(8-10-42)17-21(3)44/h5-6,11-16,18,21,39,44H,7-10,17H2,1-4H3,(H,38,45)(H,35,36,37)/t21-/m0/s1. The van der Waals surface area contributed by atoms with Crippen LogP contribution < -0.4 is 20.9 Å². The Kier molecular flexibility index (Phi) is 9.25. The molecule has 14 heteroatoms. The average molecular weight is 624 g/mol. The molecule has 0 saturated carbocycles. The number of nitrogens with one attached hydrogen (secondary N) is 3. The van der Waals surface area contributed by atoms with E-state index in [1.807, 2.05) is 24.8 Å². The quantitative estimate of drug-likeness (QED) is 0.208. The molecule has 238 valence electrons. The molecule has 4 aromatic rings. The second kappa shape index (κ2) is 13.1. The maximum atomic E-state index is 13.9. The highest BCUT2D eigenvalue weighted by atomic mass is 19.4. The van der Waals surface area contributed by atoms with Crippen LogP contribution in [-0.4, -0.2) is 81.5 Å². The number of rotatable bonds is 9. The molecule has 3 heterocycles. The van der Waals surface area contributed by atoms with Gasteiger partial charge >= 0.3 is 6.18 Å². The minimum atomic E-state index is -4.63. The van der Waals surface area contributed by atoms with Crippen molar-refractivity contribution in [1.29, 1.82) is 0 Å². The highest BCUT2D eigenvalue weighted by Gasteiger charge is 2.33. The Balaban J connectivity index is 1.37. The van der Waals surface area contributed by atoms with E-state index in [2.05, 4.69) is 35.9 Å². The van der Waals surface area contributed by atoms with E-state index >= 15 is 0 Å².